The number of aromatic nitrogens is 1. The molecule has 100 valence electrons. The average Bonchev–Trinajstić information content (AvgIpc) is 2.82. The van der Waals surface area contributed by atoms with Crippen molar-refractivity contribution >= 4 is 28.9 Å². The maximum Gasteiger partial charge on any atom is 0.367 e. The molecule has 0 aliphatic heterocycles. The summed E-state index contributed by atoms with van der Waals surface area (Å²) in [6.45, 7) is 2.04. The number of nitrogens with zero attached hydrogens (tertiary/aromatic N) is 1. The van der Waals surface area contributed by atoms with E-state index in [1.54, 1.807) is 24.4 Å². The first-order chi connectivity index (χ1) is 9.10. The lowest BCUT2D eigenvalue weighted by atomic mass is 10.1. The fourth-order valence-electron chi connectivity index (χ4n) is 1.53. The van der Waals surface area contributed by atoms with Crippen molar-refractivity contribution in [1.29, 1.82) is 0 Å². The third-order valence-corrected chi connectivity index (χ3v) is 3.49. The van der Waals surface area contributed by atoms with Crippen LogP contribution in [0.1, 0.15) is 28.0 Å². The summed E-state index contributed by atoms with van der Waals surface area (Å²) in [7, 11) is 0. The Labute approximate surface area is 119 Å². The van der Waals surface area contributed by atoms with Gasteiger partial charge in [0.2, 0.25) is 5.01 Å². The molecule has 0 radical (unpaired) electrons. The number of carbonyl (C=O) groups is 1. The molecule has 0 spiro atoms. The summed E-state index contributed by atoms with van der Waals surface area (Å²) in [6.07, 6.45) is 0.318. The van der Waals surface area contributed by atoms with Gasteiger partial charge in [-0.05, 0) is 24.6 Å². The monoisotopic (exact) mass is 299 g/mol. The smallest absolute Gasteiger partial charge is 0.367 e. The van der Waals surface area contributed by atoms with Crippen LogP contribution in [0.2, 0.25) is 5.02 Å². The Morgan fingerprint density at radius 3 is 3.00 bits per heavy atom. The summed E-state index contributed by atoms with van der Waals surface area (Å²) < 4.78 is 18.5. The molecular formula is C13H11ClFNO2S. The summed E-state index contributed by atoms with van der Waals surface area (Å²) in [5.41, 5.74) is 1.12. The Hall–Kier alpha value is -1.46. The van der Waals surface area contributed by atoms with Gasteiger partial charge in [-0.25, -0.2) is 14.2 Å². The molecule has 0 saturated carbocycles. The van der Waals surface area contributed by atoms with E-state index in [0.29, 0.717) is 29.3 Å². The lowest BCUT2D eigenvalue weighted by Gasteiger charge is -2.01. The fourth-order valence-corrected chi connectivity index (χ4v) is 2.40. The van der Waals surface area contributed by atoms with E-state index < -0.39 is 5.97 Å². The first kappa shape index (κ1) is 14.0. The van der Waals surface area contributed by atoms with Gasteiger partial charge in [0.25, 0.3) is 0 Å². The van der Waals surface area contributed by atoms with Crippen molar-refractivity contribution in [3.05, 3.63) is 50.7 Å². The summed E-state index contributed by atoms with van der Waals surface area (Å²) in [4.78, 5) is 15.6. The van der Waals surface area contributed by atoms with Crippen molar-refractivity contribution in [3.8, 4) is 0 Å². The summed E-state index contributed by atoms with van der Waals surface area (Å²) in [5, 5.41) is 2.36. The number of ether oxygens (including phenoxy) is 1. The van der Waals surface area contributed by atoms with Crippen LogP contribution in [0.3, 0.4) is 0 Å². The number of rotatable bonds is 4. The Bertz CT molecular complexity index is 600. The van der Waals surface area contributed by atoms with E-state index in [-0.39, 0.29) is 10.8 Å². The lowest BCUT2D eigenvalue weighted by Crippen LogP contribution is -2.04. The van der Waals surface area contributed by atoms with Crippen LogP contribution in [-0.2, 0) is 11.2 Å². The van der Waals surface area contributed by atoms with Crippen LogP contribution in [0.25, 0.3) is 0 Å². The van der Waals surface area contributed by atoms with Gasteiger partial charge in [0.15, 0.2) is 0 Å². The molecular weight excluding hydrogens is 289 g/mol. The van der Waals surface area contributed by atoms with Gasteiger partial charge in [-0.3, -0.25) is 0 Å². The number of carbonyl (C=O) groups excluding carboxylic acids is 1. The second-order valence-corrected chi connectivity index (χ2v) is 5.07. The molecule has 0 unspecified atom stereocenters. The third-order valence-electron chi connectivity index (χ3n) is 2.39. The molecule has 0 atom stereocenters. The van der Waals surface area contributed by atoms with Crippen LogP contribution in [0.5, 0.6) is 0 Å². The first-order valence-electron chi connectivity index (χ1n) is 5.65. The van der Waals surface area contributed by atoms with Gasteiger partial charge in [0.05, 0.1) is 12.3 Å². The van der Waals surface area contributed by atoms with E-state index in [0.717, 1.165) is 0 Å². The van der Waals surface area contributed by atoms with E-state index in [2.05, 4.69) is 4.98 Å². The van der Waals surface area contributed by atoms with Crippen molar-refractivity contribution < 1.29 is 13.9 Å². The number of hydrogen-bond acceptors (Lipinski definition) is 4. The van der Waals surface area contributed by atoms with Crippen LogP contribution in [0, 0.1) is 5.82 Å². The van der Waals surface area contributed by atoms with Crippen LogP contribution in [0.4, 0.5) is 4.39 Å². The highest BCUT2D eigenvalue weighted by molar-refractivity contribution is 7.11. The van der Waals surface area contributed by atoms with Crippen LogP contribution in [-0.4, -0.2) is 17.6 Å². The highest BCUT2D eigenvalue weighted by Crippen LogP contribution is 2.19. The van der Waals surface area contributed by atoms with E-state index in [9.17, 15) is 9.18 Å². The molecule has 19 heavy (non-hydrogen) atoms. The molecule has 1 aromatic heterocycles. The minimum Gasteiger partial charge on any atom is -0.461 e. The van der Waals surface area contributed by atoms with E-state index in [4.69, 9.17) is 16.3 Å². The molecule has 1 aromatic carbocycles. The normalized spacial score (nSPS) is 10.5. The largest absolute Gasteiger partial charge is 0.461 e. The van der Waals surface area contributed by atoms with Crippen LogP contribution < -0.4 is 0 Å². The number of hydrogen-bond donors (Lipinski definition) is 0. The summed E-state index contributed by atoms with van der Waals surface area (Å²) in [6, 6.07) is 4.50. The van der Waals surface area contributed by atoms with Gasteiger partial charge in [0, 0.05) is 16.8 Å². The summed E-state index contributed by atoms with van der Waals surface area (Å²) in [5.74, 6) is -0.825. The fraction of sp³-hybridized carbons (Fsp3) is 0.231. The molecule has 0 aliphatic carbocycles. The van der Waals surface area contributed by atoms with Crippen LogP contribution >= 0.6 is 22.9 Å². The van der Waals surface area contributed by atoms with Gasteiger partial charge in [-0.2, -0.15) is 0 Å². The zero-order valence-corrected chi connectivity index (χ0v) is 11.7. The highest BCUT2D eigenvalue weighted by atomic mass is 35.5. The minimum atomic E-state index is -0.449. The predicted molar refractivity (Wildman–Crippen MR) is 72.3 cm³/mol. The van der Waals surface area contributed by atoms with Crippen molar-refractivity contribution in [2.45, 2.75) is 13.3 Å². The van der Waals surface area contributed by atoms with Crippen LogP contribution in [0.15, 0.2) is 23.6 Å². The van der Waals surface area contributed by atoms with Gasteiger partial charge >= 0.3 is 5.97 Å². The number of thiazole rings is 1. The molecule has 3 nitrogen and oxygen atoms in total. The van der Waals surface area contributed by atoms with Crippen molar-refractivity contribution in [3.63, 3.8) is 0 Å². The van der Waals surface area contributed by atoms with Gasteiger partial charge in [-0.15, -0.1) is 11.3 Å². The zero-order chi connectivity index (χ0) is 13.8. The standard InChI is InChI=1S/C13H11ClFNO2S/c1-2-18-13(17)12-16-10(7-19-12)5-8-3-4-9(14)6-11(8)15/h3-4,6-7H,2,5H2,1H3. The molecule has 0 saturated heterocycles. The molecule has 0 N–H and O–H groups in total. The SMILES string of the molecule is CCOC(=O)c1nc(Cc2ccc(Cl)cc2F)cs1. The molecule has 0 fully saturated rings. The van der Waals surface area contributed by atoms with E-state index in [1.165, 1.54) is 17.4 Å². The maximum atomic E-state index is 13.6. The van der Waals surface area contributed by atoms with E-state index >= 15 is 0 Å². The zero-order valence-electron chi connectivity index (χ0n) is 10.2. The Kier molecular flexibility index (Phi) is 4.50. The van der Waals surface area contributed by atoms with Gasteiger partial charge in [-0.1, -0.05) is 17.7 Å². The lowest BCUT2D eigenvalue weighted by molar-refractivity contribution is 0.0525. The number of halogens is 2. The second-order valence-electron chi connectivity index (χ2n) is 3.78. The Balaban J connectivity index is 2.13. The molecule has 0 bridgehead atoms. The first-order valence-corrected chi connectivity index (χ1v) is 6.91. The second kappa shape index (κ2) is 6.12. The average molecular weight is 300 g/mol. The maximum absolute atomic E-state index is 13.6. The Morgan fingerprint density at radius 1 is 1.53 bits per heavy atom. The molecule has 2 rings (SSSR count). The molecule has 2 aromatic rings. The Morgan fingerprint density at radius 2 is 2.32 bits per heavy atom. The van der Waals surface area contributed by atoms with Crippen molar-refractivity contribution in [2.24, 2.45) is 0 Å². The number of esters is 1. The minimum absolute atomic E-state index is 0.284. The number of benzene rings is 1. The topological polar surface area (TPSA) is 39.2 Å². The van der Waals surface area contributed by atoms with Gasteiger partial charge < -0.3 is 4.74 Å². The highest BCUT2D eigenvalue weighted by Gasteiger charge is 2.13. The molecule has 0 aliphatic rings. The molecule has 0 amide bonds. The predicted octanol–water partition coefficient (Wildman–Crippen LogP) is 3.70. The van der Waals surface area contributed by atoms with Crippen molar-refractivity contribution in [2.75, 3.05) is 6.61 Å². The quantitative estimate of drug-likeness (QED) is 0.808. The van der Waals surface area contributed by atoms with E-state index in [1.807, 2.05) is 0 Å². The van der Waals surface area contributed by atoms with Crippen molar-refractivity contribution in [1.82, 2.24) is 4.98 Å². The third kappa shape index (κ3) is 3.52. The summed E-state index contributed by atoms with van der Waals surface area (Å²) >= 11 is 6.88. The van der Waals surface area contributed by atoms with Gasteiger partial charge in [0.1, 0.15) is 5.82 Å². The molecule has 6 heteroatoms. The molecule has 1 heterocycles.